The predicted octanol–water partition coefficient (Wildman–Crippen LogP) is 2.71. The number of amides is 1. The van der Waals surface area contributed by atoms with E-state index in [-0.39, 0.29) is 17.2 Å². The summed E-state index contributed by atoms with van der Waals surface area (Å²) in [5.74, 6) is -0.345. The Morgan fingerprint density at radius 1 is 1.21 bits per heavy atom. The minimum absolute atomic E-state index is 0.0933. The summed E-state index contributed by atoms with van der Waals surface area (Å²) in [4.78, 5) is 12.2. The number of halogens is 3. The SMILES string of the molecule is O=C1Nc2cccc(C(F)(F)F)c2C12CCOCC2. The van der Waals surface area contributed by atoms with Gasteiger partial charge in [-0.3, -0.25) is 4.79 Å². The highest BCUT2D eigenvalue weighted by Gasteiger charge is 2.52. The molecule has 1 fully saturated rings. The fourth-order valence-electron chi connectivity index (χ4n) is 2.96. The van der Waals surface area contributed by atoms with Gasteiger partial charge >= 0.3 is 6.18 Å². The maximum Gasteiger partial charge on any atom is 0.416 e. The quantitative estimate of drug-likeness (QED) is 0.788. The zero-order valence-corrected chi connectivity index (χ0v) is 10.0. The van der Waals surface area contributed by atoms with E-state index in [0.29, 0.717) is 26.1 Å². The minimum Gasteiger partial charge on any atom is -0.381 e. The van der Waals surface area contributed by atoms with E-state index in [1.807, 2.05) is 0 Å². The standard InChI is InChI=1S/C13H12F3NO2/c14-13(15,16)8-2-1-3-9-10(8)12(11(18)17-9)4-6-19-7-5-12/h1-3H,4-7H2,(H,17,18). The summed E-state index contributed by atoms with van der Waals surface area (Å²) < 4.78 is 44.6. The molecule has 1 N–H and O–H groups in total. The monoisotopic (exact) mass is 271 g/mol. The Morgan fingerprint density at radius 2 is 1.89 bits per heavy atom. The second-order valence-corrected chi connectivity index (χ2v) is 4.87. The molecule has 0 aromatic heterocycles. The van der Waals surface area contributed by atoms with Crippen LogP contribution in [0.25, 0.3) is 0 Å². The average Bonchev–Trinajstić information content (AvgIpc) is 2.63. The van der Waals surface area contributed by atoms with Crippen molar-refractivity contribution in [1.82, 2.24) is 0 Å². The van der Waals surface area contributed by atoms with Crippen LogP contribution in [0.2, 0.25) is 0 Å². The van der Waals surface area contributed by atoms with Crippen molar-refractivity contribution in [1.29, 1.82) is 0 Å². The molecule has 102 valence electrons. The molecule has 3 rings (SSSR count). The summed E-state index contributed by atoms with van der Waals surface area (Å²) >= 11 is 0. The molecule has 0 radical (unpaired) electrons. The largest absolute Gasteiger partial charge is 0.416 e. The molecule has 6 heteroatoms. The summed E-state index contributed by atoms with van der Waals surface area (Å²) in [5.41, 5.74) is -1.43. The fourth-order valence-corrected chi connectivity index (χ4v) is 2.96. The van der Waals surface area contributed by atoms with Gasteiger partial charge in [0.2, 0.25) is 5.91 Å². The summed E-state index contributed by atoms with van der Waals surface area (Å²) in [6.45, 7) is 0.609. The lowest BCUT2D eigenvalue weighted by atomic mass is 9.73. The van der Waals surface area contributed by atoms with E-state index >= 15 is 0 Å². The molecule has 1 aromatic rings. The third-order valence-corrected chi connectivity index (χ3v) is 3.88. The van der Waals surface area contributed by atoms with Gasteiger partial charge in [0.15, 0.2) is 0 Å². The van der Waals surface area contributed by atoms with Gasteiger partial charge in [-0.2, -0.15) is 13.2 Å². The number of fused-ring (bicyclic) bond motifs is 2. The van der Waals surface area contributed by atoms with Crippen LogP contribution in [0.1, 0.15) is 24.0 Å². The number of carbonyl (C=O) groups excluding carboxylic acids is 1. The van der Waals surface area contributed by atoms with E-state index < -0.39 is 17.2 Å². The fraction of sp³-hybridized carbons (Fsp3) is 0.462. The van der Waals surface area contributed by atoms with Gasteiger partial charge in [0, 0.05) is 24.5 Å². The number of hydrogen-bond donors (Lipinski definition) is 1. The second kappa shape index (κ2) is 3.96. The number of ether oxygens (including phenoxy) is 1. The van der Waals surface area contributed by atoms with Gasteiger partial charge in [0.25, 0.3) is 0 Å². The number of hydrogen-bond acceptors (Lipinski definition) is 2. The molecule has 19 heavy (non-hydrogen) atoms. The van der Waals surface area contributed by atoms with Gasteiger partial charge < -0.3 is 10.1 Å². The van der Waals surface area contributed by atoms with Crippen molar-refractivity contribution in [3.63, 3.8) is 0 Å². The normalized spacial score (nSPS) is 21.3. The third kappa shape index (κ3) is 1.74. The summed E-state index contributed by atoms with van der Waals surface area (Å²) in [5, 5.41) is 2.58. The Kier molecular flexibility index (Phi) is 2.60. The summed E-state index contributed by atoms with van der Waals surface area (Å²) in [6.07, 6.45) is -3.87. The van der Waals surface area contributed by atoms with Crippen LogP contribution < -0.4 is 5.32 Å². The summed E-state index contributed by atoms with van der Waals surface area (Å²) in [7, 11) is 0. The average molecular weight is 271 g/mol. The highest BCUT2D eigenvalue weighted by Crippen LogP contribution is 2.49. The number of nitrogens with one attached hydrogen (secondary N) is 1. The van der Waals surface area contributed by atoms with Gasteiger partial charge in [0.05, 0.1) is 11.0 Å². The summed E-state index contributed by atoms with van der Waals surface area (Å²) in [6, 6.07) is 3.88. The van der Waals surface area contributed by atoms with Crippen LogP contribution in [0.5, 0.6) is 0 Å². The molecular weight excluding hydrogens is 259 g/mol. The number of alkyl halides is 3. The number of benzene rings is 1. The van der Waals surface area contributed by atoms with Crippen LogP contribution in [0.15, 0.2) is 18.2 Å². The zero-order chi connectivity index (χ0) is 13.7. The van der Waals surface area contributed by atoms with Crippen molar-refractivity contribution in [2.75, 3.05) is 18.5 Å². The first-order valence-electron chi connectivity index (χ1n) is 6.05. The third-order valence-electron chi connectivity index (χ3n) is 3.88. The van der Waals surface area contributed by atoms with Crippen LogP contribution in [0.3, 0.4) is 0 Å². The molecule has 2 aliphatic rings. The van der Waals surface area contributed by atoms with E-state index in [9.17, 15) is 18.0 Å². The molecule has 1 spiro atoms. The second-order valence-electron chi connectivity index (χ2n) is 4.87. The highest BCUT2D eigenvalue weighted by atomic mass is 19.4. The molecule has 0 atom stereocenters. The van der Waals surface area contributed by atoms with Gasteiger partial charge in [-0.25, -0.2) is 0 Å². The molecule has 3 nitrogen and oxygen atoms in total. The Morgan fingerprint density at radius 3 is 2.53 bits per heavy atom. The van der Waals surface area contributed by atoms with E-state index in [4.69, 9.17) is 4.74 Å². The topological polar surface area (TPSA) is 38.3 Å². The Bertz CT molecular complexity index is 533. The van der Waals surface area contributed by atoms with Crippen LogP contribution >= 0.6 is 0 Å². The van der Waals surface area contributed by atoms with Crippen molar-refractivity contribution >= 4 is 11.6 Å². The number of carbonyl (C=O) groups is 1. The van der Waals surface area contributed by atoms with Gasteiger partial charge in [0.1, 0.15) is 0 Å². The number of rotatable bonds is 0. The highest BCUT2D eigenvalue weighted by molar-refractivity contribution is 6.06. The lowest BCUT2D eigenvalue weighted by molar-refractivity contribution is -0.139. The van der Waals surface area contributed by atoms with Crippen LogP contribution in [0, 0.1) is 0 Å². The Labute approximate surface area is 107 Å². The maximum absolute atomic E-state index is 13.1. The van der Waals surface area contributed by atoms with E-state index in [1.165, 1.54) is 12.1 Å². The van der Waals surface area contributed by atoms with Gasteiger partial charge in [-0.05, 0) is 25.0 Å². The molecular formula is C13H12F3NO2. The Balaban J connectivity index is 2.21. The number of anilines is 1. The lowest BCUT2D eigenvalue weighted by Crippen LogP contribution is -2.41. The molecule has 2 aliphatic heterocycles. The van der Waals surface area contributed by atoms with Crippen molar-refractivity contribution in [2.24, 2.45) is 0 Å². The predicted molar refractivity (Wildman–Crippen MR) is 61.8 cm³/mol. The molecule has 1 aromatic carbocycles. The van der Waals surface area contributed by atoms with Crippen LogP contribution in [-0.2, 0) is 21.1 Å². The molecule has 0 saturated carbocycles. The lowest BCUT2D eigenvalue weighted by Gasteiger charge is -2.33. The first kappa shape index (κ1) is 12.5. The molecule has 0 aliphatic carbocycles. The van der Waals surface area contributed by atoms with E-state index in [0.717, 1.165) is 6.07 Å². The van der Waals surface area contributed by atoms with Gasteiger partial charge in [-0.15, -0.1) is 0 Å². The molecule has 0 bridgehead atoms. The minimum atomic E-state index is -4.46. The first-order chi connectivity index (χ1) is 8.95. The van der Waals surface area contributed by atoms with E-state index in [2.05, 4.69) is 5.32 Å². The van der Waals surface area contributed by atoms with Crippen molar-refractivity contribution in [3.8, 4) is 0 Å². The smallest absolute Gasteiger partial charge is 0.381 e. The van der Waals surface area contributed by atoms with Crippen molar-refractivity contribution in [2.45, 2.75) is 24.4 Å². The van der Waals surface area contributed by atoms with Crippen molar-refractivity contribution < 1.29 is 22.7 Å². The van der Waals surface area contributed by atoms with Crippen LogP contribution in [0.4, 0.5) is 18.9 Å². The first-order valence-corrected chi connectivity index (χ1v) is 6.05. The molecule has 1 amide bonds. The zero-order valence-electron chi connectivity index (χ0n) is 10.0. The Hall–Kier alpha value is -1.56. The van der Waals surface area contributed by atoms with Gasteiger partial charge in [-0.1, -0.05) is 6.07 Å². The molecule has 2 heterocycles. The van der Waals surface area contributed by atoms with Crippen molar-refractivity contribution in [3.05, 3.63) is 29.3 Å². The van der Waals surface area contributed by atoms with Crippen LogP contribution in [-0.4, -0.2) is 19.1 Å². The maximum atomic E-state index is 13.1. The molecule has 1 saturated heterocycles. The van der Waals surface area contributed by atoms with E-state index in [1.54, 1.807) is 0 Å². The molecule has 0 unspecified atom stereocenters.